The number of nitrogens with zero attached hydrogens (tertiary/aromatic N) is 4. The van der Waals surface area contributed by atoms with E-state index in [2.05, 4.69) is 186 Å². The minimum absolute atomic E-state index is 0. The van der Waals surface area contributed by atoms with E-state index in [1.54, 1.807) is 146 Å². The van der Waals surface area contributed by atoms with E-state index in [9.17, 15) is 97.0 Å². The summed E-state index contributed by atoms with van der Waals surface area (Å²) in [7, 11) is 1.33. The highest BCUT2D eigenvalue weighted by Gasteiger charge is 2.57. The smallest absolute Gasteiger partial charge is 0.427 e. The van der Waals surface area contributed by atoms with Gasteiger partial charge in [-0.3, -0.25) is 38.9 Å². The van der Waals surface area contributed by atoms with Gasteiger partial charge < -0.3 is 96.0 Å². The van der Waals surface area contributed by atoms with Crippen molar-refractivity contribution in [1.82, 2.24) is 46.6 Å². The summed E-state index contributed by atoms with van der Waals surface area (Å²) in [6.07, 6.45) is 15.9. The molecule has 0 aliphatic carbocycles. The summed E-state index contributed by atoms with van der Waals surface area (Å²) in [4.78, 5) is 142. The first-order chi connectivity index (χ1) is 67.6. The Morgan fingerprint density at radius 2 is 0.800 bits per heavy atom. The van der Waals surface area contributed by atoms with Crippen molar-refractivity contribution in [2.75, 3.05) is 78.8 Å². The summed E-state index contributed by atoms with van der Waals surface area (Å²) in [6, 6.07) is -0.296. The second-order valence-corrected chi connectivity index (χ2v) is 36.8. The molecule has 2 saturated heterocycles. The van der Waals surface area contributed by atoms with Gasteiger partial charge in [0.2, 0.25) is 17.1 Å². The molecular formula is C105H154F9N11O23S2. The number of alkyl halides is 9. The maximum absolute atomic E-state index is 12.3. The standard InChI is InChI=1S/C11H22N2O4.C11H20N2O2S.C10H16F3NO4.C10H18N2O3.C10H18N2O2S.C8H15NO3.C8H6.C7H4.C6H2.C5H8F3NO2.C5H4.C4H5F3O3.C4H6.C3H4.C2H2.CH4/c1-8(6-12-7-9(14)16-5)13-10(15)17-11(2,3)4;1-8-6-13(7-9(12-8)16-5)10(14)15-11(2,3)4;1-8(2,3)18-7(16)14-5-6(15)9(4,17)10(11,12)13;1-7-5-12(6-8(13)11-7)9(14)15-10(2,3)4;1-7-5-12(6-8(15)11-7)9(13)14-10(2,3)4;1-6(5-10)9-7(11)12-8(2,3)4;1-3-5-7-8-6-4-2;1-3-5-7-6-4-2;1-3-5-6-4-2;1-4(11,3(10)2-9)5(6,7)8;1-3-5-4-2;1-3(10,2(8)9)4(5,6)7;1-3-4-2;1-3-2;1-2;/h8,12H,6-7H2,1-5H3,(H,13,15);8H,6-7H2,1-5H3;17H,5H2,1-4H3,(H,14,16);7H,5-6H2,1-4H3,(H,11,13);7H,5-6H2,1-4H3,(H,11,15);5-6H,1-4H3,(H,9,11);1-2H3;1H,2H3;1-2H;11H,2,9H2,1H3;1H,2H3;10H,1H3,(H,8,9);1-2H3;1H,2H3;1-2H;1H4/t2*8-;9-;2*7-;6-;;;;4-;;3-;;;;/m001000...1.1..../s1. The number of piperazine rings is 2. The number of nitrogens with one attached hydrogen (secondary N) is 6. The highest BCUT2D eigenvalue weighted by Crippen LogP contribution is 2.32. The predicted molar refractivity (Wildman–Crippen MR) is 569 cm³/mol. The Kier molecular flexibility index (Phi) is 93.7. The number of carbonyl (C=O) groups excluding carboxylic acids is 11. The third-order valence-electron chi connectivity index (χ3n) is 14.0. The molecule has 3 rings (SSSR count). The first kappa shape index (κ1) is 164. The van der Waals surface area contributed by atoms with Gasteiger partial charge in [0.25, 0.3) is 5.60 Å². The highest BCUT2D eigenvalue weighted by molar-refractivity contribution is 8.13. The van der Waals surface area contributed by atoms with E-state index in [0.29, 0.717) is 64.4 Å². The van der Waals surface area contributed by atoms with Crippen molar-refractivity contribution in [3.63, 3.8) is 0 Å². The van der Waals surface area contributed by atoms with Crippen LogP contribution in [0.3, 0.4) is 0 Å². The van der Waals surface area contributed by atoms with Gasteiger partial charge in [0.15, 0.2) is 11.6 Å². The van der Waals surface area contributed by atoms with Crippen LogP contribution in [0.5, 0.6) is 0 Å². The van der Waals surface area contributed by atoms with Gasteiger partial charge in [-0.05, 0) is 318 Å². The quantitative estimate of drug-likeness (QED) is 0.0204. The van der Waals surface area contributed by atoms with E-state index in [1.165, 1.54) is 12.0 Å². The number of methoxy groups -OCH3 is 1. The summed E-state index contributed by atoms with van der Waals surface area (Å²) in [5, 5.41) is 50.1. The Balaban J connectivity index is -0.000000125. The maximum atomic E-state index is 12.3. The van der Waals surface area contributed by atoms with Crippen molar-refractivity contribution < 1.29 is 151 Å². The number of hydrogen-bond donors (Lipinski definition) is 11. The second-order valence-electron chi connectivity index (χ2n) is 35.5. The number of aliphatic carboxylic acids is 1. The van der Waals surface area contributed by atoms with Gasteiger partial charge >= 0.3 is 67.0 Å². The summed E-state index contributed by atoms with van der Waals surface area (Å²) >= 11 is 6.65. The van der Waals surface area contributed by atoms with Crippen molar-refractivity contribution >= 4 is 106 Å². The number of ether oxygens (including phenoxy) is 7. The average molecular weight is 2170 g/mol. The first-order valence-electron chi connectivity index (χ1n) is 43.9. The van der Waals surface area contributed by atoms with Crippen molar-refractivity contribution in [2.24, 2.45) is 10.7 Å². The fourth-order valence-corrected chi connectivity index (χ4v) is 8.47. The number of hydrogen-bond acceptors (Lipinski definition) is 27. The lowest BCUT2D eigenvalue weighted by Crippen LogP contribution is -2.55. The molecule has 0 bridgehead atoms. The summed E-state index contributed by atoms with van der Waals surface area (Å²) in [5.74, 6) is 45.0. The third-order valence-corrected chi connectivity index (χ3v) is 15.0. The molecule has 12 N–H and O–H groups in total. The number of carboxylic acids is 1. The van der Waals surface area contributed by atoms with Crippen LogP contribution in [0, 0.1) is 169 Å². The Morgan fingerprint density at radius 1 is 0.487 bits per heavy atom. The lowest BCUT2D eigenvalue weighted by molar-refractivity contribution is -0.253. The van der Waals surface area contributed by atoms with Crippen LogP contribution in [-0.2, 0) is 61.9 Å². The number of Topliss-reactive ketones (excluding diaryl/α,β-unsaturated/α-hetero) is 2. The van der Waals surface area contributed by atoms with E-state index in [-0.39, 0.29) is 75.7 Å². The number of aliphatic hydroxyl groups is 3. The molecule has 2 fully saturated rings. The number of ketones is 2. The number of thioether (sulfide) groups is 1. The number of carbonyl (C=O) groups is 12. The van der Waals surface area contributed by atoms with Crippen LogP contribution in [0.2, 0.25) is 0 Å². The van der Waals surface area contributed by atoms with Crippen LogP contribution in [0.25, 0.3) is 0 Å². The Morgan fingerprint density at radius 3 is 1.07 bits per heavy atom. The van der Waals surface area contributed by atoms with Crippen LogP contribution in [-0.4, -0.2) is 295 Å². The van der Waals surface area contributed by atoms with Gasteiger partial charge in [0.1, 0.15) is 46.4 Å². The Hall–Kier alpha value is -14.0. The van der Waals surface area contributed by atoms with Crippen molar-refractivity contribution in [2.45, 2.75) is 335 Å². The van der Waals surface area contributed by atoms with Crippen LogP contribution in [0.1, 0.15) is 236 Å². The number of thiocarbonyl (C=S) groups is 1. The zero-order valence-corrected chi connectivity index (χ0v) is 93.3. The van der Waals surface area contributed by atoms with E-state index in [1.807, 2.05) is 94.7 Å². The molecule has 0 aromatic carbocycles. The predicted octanol–water partition coefficient (Wildman–Crippen LogP) is 13.2. The largest absolute Gasteiger partial charge is 0.479 e. The maximum Gasteiger partial charge on any atom is 0.427 e. The van der Waals surface area contributed by atoms with Crippen molar-refractivity contribution in [1.29, 1.82) is 0 Å². The van der Waals surface area contributed by atoms with Crippen LogP contribution in [0.15, 0.2) is 4.99 Å². The lowest BCUT2D eigenvalue weighted by Gasteiger charge is -2.34. The average Bonchev–Trinajstić information content (AvgIpc) is 0.822. The molecule has 45 heteroatoms. The number of terminal acetylenes is 6. The molecule has 842 valence electrons. The van der Waals surface area contributed by atoms with Crippen molar-refractivity contribution in [3.05, 3.63) is 0 Å². The topological polar surface area (TPSA) is 471 Å². The van der Waals surface area contributed by atoms with E-state index >= 15 is 0 Å². The monoisotopic (exact) mass is 2170 g/mol. The highest BCUT2D eigenvalue weighted by atomic mass is 32.2. The normalized spacial score (nSPS) is 14.4. The molecule has 3 aliphatic heterocycles. The molecule has 34 nitrogen and oxygen atoms in total. The molecule has 0 saturated carbocycles. The molecule has 0 aromatic heterocycles. The zero-order valence-electron chi connectivity index (χ0n) is 91.7. The van der Waals surface area contributed by atoms with Gasteiger partial charge in [0.05, 0.1) is 61.9 Å². The molecule has 3 aliphatic rings. The minimum Gasteiger partial charge on any atom is -0.479 e. The molecule has 8 atom stereocenters. The van der Waals surface area contributed by atoms with Gasteiger partial charge in [0, 0.05) is 44.3 Å². The van der Waals surface area contributed by atoms with E-state index in [4.69, 9.17) is 86.8 Å². The van der Waals surface area contributed by atoms with E-state index in [0.717, 1.165) is 5.04 Å². The number of carboxylic acid groups (broad SMARTS) is 1. The Labute approximate surface area is 892 Å². The Bertz CT molecular complexity index is 4880. The lowest BCUT2D eigenvalue weighted by atomic mass is 10.0. The first-order valence-corrected chi connectivity index (χ1v) is 45.5. The number of alkyl carbamates (subject to hydrolysis) is 3. The molecule has 3 heterocycles. The molecule has 0 radical (unpaired) electrons. The molecule has 7 amide bonds. The molecule has 0 aromatic rings. The third kappa shape index (κ3) is 104. The fourth-order valence-electron chi connectivity index (χ4n) is 7.54. The summed E-state index contributed by atoms with van der Waals surface area (Å²) < 4.78 is 141. The number of halogens is 9. The molecule has 150 heavy (non-hydrogen) atoms. The SMILES string of the molecule is C.C#C.C#CC.C#CC#CC.C#CC#CC#C.C#CC#CC#CC.CC#CC.CC#CC#CC#CC.CC(C)(C)OC(=O)NCC(=O)[C@@](C)(O)C(F)(F)F.COC(=O)CNC[C@H](C)NC(=O)OC(C)(C)C.CSC1=N[C@@H](C)CN(C(=O)OC(C)(C)C)C1.C[C@@H](C=O)NC(=O)OC(C)(C)C.C[C@@](O)(C(=O)CN)C(F)(F)F.C[C@@](O)(C(=O)O)C(F)(F)F.C[C@H]1CN(C(=O)OC(C)(C)C)CC(=O)N1.C[C@H]1CN(C(=O)OC(C)(C)C)CC(=S)N1. The number of rotatable bonds is 13. The van der Waals surface area contributed by atoms with E-state index < -0.39 is 130 Å². The van der Waals surface area contributed by atoms with Crippen LogP contribution >= 0.6 is 24.0 Å². The van der Waals surface area contributed by atoms with Gasteiger partial charge in [-0.25, -0.2) is 33.6 Å². The fraction of sp³-hybridized carbons (Fsp3) is 0.600. The van der Waals surface area contributed by atoms with Gasteiger partial charge in [-0.2, -0.15) is 39.5 Å². The van der Waals surface area contributed by atoms with Crippen molar-refractivity contribution in [3.8, 4) is 169 Å². The minimum atomic E-state index is -5.13. The zero-order chi connectivity index (χ0) is 120. The summed E-state index contributed by atoms with van der Waals surface area (Å²) in [6.45, 7) is 56.0. The van der Waals surface area contributed by atoms with Crippen LogP contribution < -0.4 is 37.6 Å². The van der Waals surface area contributed by atoms with Gasteiger partial charge in [-0.15, -0.1) is 74.5 Å². The summed E-state index contributed by atoms with van der Waals surface area (Å²) in [5.41, 5.74) is -9.09. The molecular weight excluding hydrogens is 2020 g/mol. The van der Waals surface area contributed by atoms with Gasteiger partial charge in [-0.1, -0.05) is 43.3 Å². The second kappa shape index (κ2) is 85.9. The number of nitrogens with two attached hydrogens (primary N) is 1. The number of aliphatic imine (C=N–C) groups is 1. The number of amides is 7. The molecule has 0 spiro atoms. The number of esters is 1. The van der Waals surface area contributed by atoms with Crippen LogP contribution in [0.4, 0.5) is 68.3 Å². The molecule has 0 unspecified atom stereocenters. The number of aldehydes is 1.